The molecule has 0 aromatic heterocycles. The van der Waals surface area contributed by atoms with Crippen molar-refractivity contribution in [2.24, 2.45) is 0 Å². The van der Waals surface area contributed by atoms with Crippen LogP contribution >= 0.6 is 0 Å². The first kappa shape index (κ1) is 14.3. The van der Waals surface area contributed by atoms with E-state index in [1.165, 1.54) is 12.1 Å². The van der Waals surface area contributed by atoms with E-state index in [2.05, 4.69) is 26.1 Å². The Hall–Kier alpha value is -0.740. The molecule has 1 unspecified atom stereocenters. The van der Waals surface area contributed by atoms with Crippen molar-refractivity contribution in [3.8, 4) is 0 Å². The van der Waals surface area contributed by atoms with Crippen molar-refractivity contribution in [1.29, 1.82) is 0 Å². The molecular weight excluding hydrogens is 237 g/mol. The third kappa shape index (κ3) is 5.94. The zero-order valence-electron chi connectivity index (χ0n) is 10.6. The normalized spacial score (nSPS) is 13.6. The molecule has 4 heteroatoms. The second kappa shape index (κ2) is 6.26. The van der Waals surface area contributed by atoms with E-state index >= 15 is 0 Å². The summed E-state index contributed by atoms with van der Waals surface area (Å²) in [4.78, 5) is 0.570. The minimum atomic E-state index is -1.10. The van der Waals surface area contributed by atoms with Gasteiger partial charge in [0.1, 0.15) is 5.82 Å². The molecule has 0 fully saturated rings. The number of hydrogen-bond donors (Lipinski definition) is 1. The third-order valence-electron chi connectivity index (χ3n) is 2.22. The first-order valence-electron chi connectivity index (χ1n) is 5.77. The van der Waals surface area contributed by atoms with Crippen LogP contribution in [0.4, 0.5) is 4.39 Å². The van der Waals surface area contributed by atoms with E-state index in [-0.39, 0.29) is 11.4 Å². The van der Waals surface area contributed by atoms with Gasteiger partial charge in [-0.1, -0.05) is 6.07 Å². The van der Waals surface area contributed by atoms with Gasteiger partial charge in [-0.25, -0.2) is 4.39 Å². The highest BCUT2D eigenvalue weighted by molar-refractivity contribution is 7.85. The second-order valence-corrected chi connectivity index (χ2v) is 6.61. The highest BCUT2D eigenvalue weighted by Crippen LogP contribution is 2.09. The Morgan fingerprint density at radius 1 is 1.35 bits per heavy atom. The van der Waals surface area contributed by atoms with Crippen LogP contribution in [0.15, 0.2) is 29.2 Å². The molecule has 0 aliphatic rings. The summed E-state index contributed by atoms with van der Waals surface area (Å²) in [6.07, 6.45) is 0.820. The molecule has 1 rings (SSSR count). The zero-order valence-corrected chi connectivity index (χ0v) is 11.4. The molecule has 0 amide bonds. The Morgan fingerprint density at radius 2 is 2.06 bits per heavy atom. The molecule has 1 atom stereocenters. The van der Waals surface area contributed by atoms with Gasteiger partial charge in [0.15, 0.2) is 0 Å². The zero-order chi connectivity index (χ0) is 12.9. The van der Waals surface area contributed by atoms with Gasteiger partial charge in [0.05, 0.1) is 10.8 Å². The van der Waals surface area contributed by atoms with Crippen LogP contribution in [0.2, 0.25) is 0 Å². The van der Waals surface area contributed by atoms with Crippen molar-refractivity contribution in [3.05, 3.63) is 30.1 Å². The molecule has 2 nitrogen and oxygen atoms in total. The van der Waals surface area contributed by atoms with Gasteiger partial charge in [-0.05, 0) is 51.9 Å². The minimum Gasteiger partial charge on any atom is -0.312 e. The fourth-order valence-corrected chi connectivity index (χ4v) is 2.51. The first-order chi connectivity index (χ1) is 7.88. The van der Waals surface area contributed by atoms with E-state index in [1.54, 1.807) is 12.1 Å². The van der Waals surface area contributed by atoms with Gasteiger partial charge in [-0.2, -0.15) is 0 Å². The summed E-state index contributed by atoms with van der Waals surface area (Å²) >= 11 is 0. The van der Waals surface area contributed by atoms with Gasteiger partial charge in [0.25, 0.3) is 0 Å². The van der Waals surface area contributed by atoms with E-state index in [0.717, 1.165) is 13.0 Å². The summed E-state index contributed by atoms with van der Waals surface area (Å²) in [5.74, 6) is 0.232. The number of rotatable bonds is 5. The van der Waals surface area contributed by atoms with Crippen LogP contribution in [0.3, 0.4) is 0 Å². The average molecular weight is 257 g/mol. The molecular formula is C13H20FNOS. The van der Waals surface area contributed by atoms with Gasteiger partial charge in [0.2, 0.25) is 0 Å². The molecule has 17 heavy (non-hydrogen) atoms. The van der Waals surface area contributed by atoms with Crippen molar-refractivity contribution in [2.45, 2.75) is 37.6 Å². The van der Waals surface area contributed by atoms with Crippen LogP contribution in [-0.4, -0.2) is 22.0 Å². The molecule has 0 spiro atoms. The topological polar surface area (TPSA) is 29.1 Å². The maximum Gasteiger partial charge on any atom is 0.124 e. The fourth-order valence-electron chi connectivity index (χ4n) is 1.39. The van der Waals surface area contributed by atoms with Crippen molar-refractivity contribution < 1.29 is 8.60 Å². The summed E-state index contributed by atoms with van der Waals surface area (Å²) in [7, 11) is -1.10. The van der Waals surface area contributed by atoms with E-state index in [4.69, 9.17) is 0 Å². The van der Waals surface area contributed by atoms with Crippen molar-refractivity contribution in [3.63, 3.8) is 0 Å². The molecule has 0 heterocycles. The molecule has 96 valence electrons. The monoisotopic (exact) mass is 257 g/mol. The van der Waals surface area contributed by atoms with E-state index in [0.29, 0.717) is 10.6 Å². The summed E-state index contributed by atoms with van der Waals surface area (Å²) in [6, 6.07) is 6.00. The standard InChI is InChI=1S/C13H20FNOS/c1-13(2,3)15-8-5-9-17(16)12-7-4-6-11(14)10-12/h4,6-7,10,15H,5,8-9H2,1-3H3. The number of halogens is 1. The molecule has 1 aromatic rings. The molecule has 0 saturated carbocycles. The van der Waals surface area contributed by atoms with Crippen molar-refractivity contribution in [2.75, 3.05) is 12.3 Å². The van der Waals surface area contributed by atoms with E-state index in [9.17, 15) is 8.60 Å². The van der Waals surface area contributed by atoms with Crippen molar-refractivity contribution >= 4 is 10.8 Å². The number of benzene rings is 1. The maximum absolute atomic E-state index is 12.9. The summed E-state index contributed by atoms with van der Waals surface area (Å²) in [5, 5.41) is 3.33. The average Bonchev–Trinajstić information content (AvgIpc) is 2.23. The van der Waals surface area contributed by atoms with Gasteiger partial charge in [-0.3, -0.25) is 4.21 Å². The first-order valence-corrected chi connectivity index (χ1v) is 7.09. The Balaban J connectivity index is 2.36. The smallest absolute Gasteiger partial charge is 0.124 e. The molecule has 0 aliphatic heterocycles. The van der Waals surface area contributed by atoms with Crippen LogP contribution in [0, 0.1) is 5.82 Å². The molecule has 0 radical (unpaired) electrons. The summed E-state index contributed by atoms with van der Waals surface area (Å²) in [5.41, 5.74) is 0.0837. The fraction of sp³-hybridized carbons (Fsp3) is 0.538. The Kier molecular flexibility index (Phi) is 5.28. The van der Waals surface area contributed by atoms with Crippen LogP contribution in [0.5, 0.6) is 0 Å². The van der Waals surface area contributed by atoms with Crippen LogP contribution < -0.4 is 5.32 Å². The van der Waals surface area contributed by atoms with Gasteiger partial charge in [0, 0.05) is 16.2 Å². The Labute approximate surface area is 105 Å². The predicted molar refractivity (Wildman–Crippen MR) is 70.0 cm³/mol. The molecule has 0 saturated heterocycles. The molecule has 0 bridgehead atoms. The SMILES string of the molecule is CC(C)(C)NCCCS(=O)c1cccc(F)c1. The van der Waals surface area contributed by atoms with Crippen LogP contribution in [0.25, 0.3) is 0 Å². The Morgan fingerprint density at radius 3 is 2.65 bits per heavy atom. The van der Waals surface area contributed by atoms with Gasteiger partial charge < -0.3 is 5.32 Å². The van der Waals surface area contributed by atoms with Gasteiger partial charge in [-0.15, -0.1) is 0 Å². The van der Waals surface area contributed by atoms with E-state index in [1.807, 2.05) is 0 Å². The quantitative estimate of drug-likeness (QED) is 0.822. The number of nitrogens with one attached hydrogen (secondary N) is 1. The van der Waals surface area contributed by atoms with Crippen LogP contribution in [-0.2, 0) is 10.8 Å². The predicted octanol–water partition coefficient (Wildman–Crippen LogP) is 2.71. The molecule has 0 aliphatic carbocycles. The Bertz CT molecular complexity index is 387. The highest BCUT2D eigenvalue weighted by atomic mass is 32.2. The third-order valence-corrected chi connectivity index (χ3v) is 3.66. The van der Waals surface area contributed by atoms with Crippen molar-refractivity contribution in [1.82, 2.24) is 5.32 Å². The summed E-state index contributed by atoms with van der Waals surface area (Å²) < 4.78 is 24.8. The molecule has 1 N–H and O–H groups in total. The lowest BCUT2D eigenvalue weighted by atomic mass is 10.1. The van der Waals surface area contributed by atoms with Crippen LogP contribution in [0.1, 0.15) is 27.2 Å². The summed E-state index contributed by atoms with van der Waals surface area (Å²) in [6.45, 7) is 7.11. The van der Waals surface area contributed by atoms with Gasteiger partial charge >= 0.3 is 0 Å². The molecule has 1 aromatic carbocycles. The largest absolute Gasteiger partial charge is 0.312 e. The lowest BCUT2D eigenvalue weighted by molar-refractivity contribution is 0.427. The maximum atomic E-state index is 12.9. The van der Waals surface area contributed by atoms with E-state index < -0.39 is 10.8 Å². The number of hydrogen-bond acceptors (Lipinski definition) is 2. The minimum absolute atomic E-state index is 0.0837. The lowest BCUT2D eigenvalue weighted by Gasteiger charge is -2.20. The lowest BCUT2D eigenvalue weighted by Crippen LogP contribution is -2.36. The second-order valence-electron chi connectivity index (χ2n) is 5.04. The highest BCUT2D eigenvalue weighted by Gasteiger charge is 2.09.